The third-order valence-electron chi connectivity index (χ3n) is 3.35. The Morgan fingerprint density at radius 2 is 1.53 bits per heavy atom. The number of thiophene rings is 2. The molecule has 19 heavy (non-hydrogen) atoms. The van der Waals surface area contributed by atoms with Crippen molar-refractivity contribution in [3.05, 3.63) is 33.0 Å². The van der Waals surface area contributed by atoms with E-state index in [0.29, 0.717) is 5.56 Å². The van der Waals surface area contributed by atoms with E-state index in [9.17, 15) is 4.79 Å². The van der Waals surface area contributed by atoms with Crippen LogP contribution in [0.1, 0.15) is 25.7 Å². The highest BCUT2D eigenvalue weighted by Gasteiger charge is 2.20. The van der Waals surface area contributed by atoms with Crippen LogP contribution in [0.25, 0.3) is 20.2 Å². The monoisotopic (exact) mass is 290 g/mol. The fourth-order valence-electron chi connectivity index (χ4n) is 2.53. The average Bonchev–Trinajstić information content (AvgIpc) is 2.92. The van der Waals surface area contributed by atoms with Gasteiger partial charge in [-0.15, -0.1) is 22.7 Å². The molecule has 1 aromatic carbocycles. The fraction of sp³-hybridized carbons (Fsp3) is 0.267. The predicted octanol–water partition coefficient (Wildman–Crippen LogP) is 4.83. The molecule has 0 atom stereocenters. The Kier molecular flexibility index (Phi) is 2.87. The predicted molar refractivity (Wildman–Crippen MR) is 82.8 cm³/mol. The summed E-state index contributed by atoms with van der Waals surface area (Å²) in [4.78, 5) is 14.6. The van der Waals surface area contributed by atoms with Crippen molar-refractivity contribution in [2.75, 3.05) is 7.11 Å². The molecule has 4 heteroatoms. The first kappa shape index (κ1) is 12.6. The second-order valence-electron chi connectivity index (χ2n) is 4.69. The van der Waals surface area contributed by atoms with Gasteiger partial charge in [0.1, 0.15) is 0 Å². The van der Waals surface area contributed by atoms with Gasteiger partial charge in [0, 0.05) is 15.1 Å². The van der Waals surface area contributed by atoms with Crippen molar-refractivity contribution in [2.24, 2.45) is 0 Å². The maximum absolute atomic E-state index is 12.1. The van der Waals surface area contributed by atoms with E-state index in [4.69, 9.17) is 4.74 Å². The van der Waals surface area contributed by atoms with Crippen LogP contribution in [0.5, 0.6) is 0 Å². The standard InChI is InChI=1S/C15H14O2S2/c1-7-5-10-9(3)12(15(16)17-4)11-6-8(2)19-14(11)13(10)18-7/h5-6H,1-4H3. The van der Waals surface area contributed by atoms with Gasteiger partial charge in [-0.05, 0) is 43.9 Å². The molecule has 2 nitrogen and oxygen atoms in total. The molecule has 0 spiro atoms. The average molecular weight is 290 g/mol. The lowest BCUT2D eigenvalue weighted by molar-refractivity contribution is 0.0602. The van der Waals surface area contributed by atoms with Gasteiger partial charge >= 0.3 is 5.97 Å². The summed E-state index contributed by atoms with van der Waals surface area (Å²) in [6.45, 7) is 6.19. The molecular weight excluding hydrogens is 276 g/mol. The molecule has 0 saturated heterocycles. The van der Waals surface area contributed by atoms with E-state index in [1.165, 1.54) is 31.7 Å². The number of ether oxygens (including phenoxy) is 1. The highest BCUT2D eigenvalue weighted by molar-refractivity contribution is 7.27. The van der Waals surface area contributed by atoms with Crippen LogP contribution in [0, 0.1) is 20.8 Å². The van der Waals surface area contributed by atoms with Gasteiger partial charge in [0.15, 0.2) is 0 Å². The summed E-state index contributed by atoms with van der Waals surface area (Å²) in [6.07, 6.45) is 0. The van der Waals surface area contributed by atoms with Crippen LogP contribution in [-0.2, 0) is 4.74 Å². The Morgan fingerprint density at radius 3 is 2.11 bits per heavy atom. The summed E-state index contributed by atoms with van der Waals surface area (Å²) >= 11 is 3.54. The molecule has 3 aromatic rings. The van der Waals surface area contributed by atoms with Crippen LogP contribution in [0.15, 0.2) is 12.1 Å². The van der Waals surface area contributed by atoms with Crippen molar-refractivity contribution >= 4 is 48.8 Å². The zero-order chi connectivity index (χ0) is 13.7. The zero-order valence-corrected chi connectivity index (χ0v) is 12.9. The third-order valence-corrected chi connectivity index (χ3v) is 5.62. The number of hydrogen-bond donors (Lipinski definition) is 0. The Balaban J connectivity index is 2.57. The molecule has 0 radical (unpaired) electrons. The molecule has 0 saturated carbocycles. The first-order chi connectivity index (χ1) is 9.02. The lowest BCUT2D eigenvalue weighted by atomic mass is 10.0. The first-order valence-corrected chi connectivity index (χ1v) is 7.67. The Hall–Kier alpha value is -1.39. The van der Waals surface area contributed by atoms with Crippen molar-refractivity contribution in [3.63, 3.8) is 0 Å². The number of fused-ring (bicyclic) bond motifs is 3. The summed E-state index contributed by atoms with van der Waals surface area (Å²) in [5.74, 6) is -0.244. The molecule has 0 bridgehead atoms. The smallest absolute Gasteiger partial charge is 0.338 e. The topological polar surface area (TPSA) is 26.3 Å². The van der Waals surface area contributed by atoms with Gasteiger partial charge in [0.2, 0.25) is 0 Å². The van der Waals surface area contributed by atoms with Crippen LogP contribution < -0.4 is 0 Å². The minimum Gasteiger partial charge on any atom is -0.465 e. The number of benzene rings is 1. The molecule has 3 rings (SSSR count). The zero-order valence-electron chi connectivity index (χ0n) is 11.3. The minimum atomic E-state index is -0.244. The third kappa shape index (κ3) is 1.78. The molecule has 2 heterocycles. The van der Waals surface area contributed by atoms with Crippen LogP contribution in [0.3, 0.4) is 0 Å². The van der Waals surface area contributed by atoms with E-state index in [0.717, 1.165) is 10.9 Å². The van der Waals surface area contributed by atoms with Gasteiger partial charge in [0.25, 0.3) is 0 Å². The highest BCUT2D eigenvalue weighted by Crippen LogP contribution is 2.41. The van der Waals surface area contributed by atoms with Crippen molar-refractivity contribution in [1.29, 1.82) is 0 Å². The maximum Gasteiger partial charge on any atom is 0.338 e. The first-order valence-electron chi connectivity index (χ1n) is 6.04. The largest absolute Gasteiger partial charge is 0.465 e. The Labute approximate surface area is 119 Å². The van der Waals surface area contributed by atoms with E-state index in [-0.39, 0.29) is 5.97 Å². The highest BCUT2D eigenvalue weighted by atomic mass is 32.1. The summed E-state index contributed by atoms with van der Waals surface area (Å²) < 4.78 is 7.45. The van der Waals surface area contributed by atoms with Crippen molar-refractivity contribution in [1.82, 2.24) is 0 Å². The maximum atomic E-state index is 12.1. The molecule has 0 aliphatic rings. The van der Waals surface area contributed by atoms with Crippen LogP contribution >= 0.6 is 22.7 Å². The van der Waals surface area contributed by atoms with Gasteiger partial charge in [-0.1, -0.05) is 0 Å². The molecule has 0 fully saturated rings. The molecule has 0 aliphatic carbocycles. The molecule has 0 N–H and O–H groups in total. The molecule has 2 aromatic heterocycles. The normalized spacial score (nSPS) is 11.4. The number of aryl methyl sites for hydroxylation is 3. The summed E-state index contributed by atoms with van der Waals surface area (Å²) in [6, 6.07) is 4.25. The van der Waals surface area contributed by atoms with E-state index >= 15 is 0 Å². The number of esters is 1. The number of carbonyl (C=O) groups excluding carboxylic acids is 1. The Morgan fingerprint density at radius 1 is 1.00 bits per heavy atom. The number of rotatable bonds is 1. The lowest BCUT2D eigenvalue weighted by Crippen LogP contribution is -2.04. The molecular formula is C15H14O2S2. The lowest BCUT2D eigenvalue weighted by Gasteiger charge is -2.07. The van der Waals surface area contributed by atoms with Crippen molar-refractivity contribution < 1.29 is 9.53 Å². The van der Waals surface area contributed by atoms with Crippen LogP contribution in [-0.4, -0.2) is 13.1 Å². The number of methoxy groups -OCH3 is 1. The summed E-state index contributed by atoms with van der Waals surface area (Å²) in [7, 11) is 1.44. The van der Waals surface area contributed by atoms with Crippen LogP contribution in [0.4, 0.5) is 0 Å². The van der Waals surface area contributed by atoms with E-state index in [1.54, 1.807) is 22.7 Å². The van der Waals surface area contributed by atoms with E-state index < -0.39 is 0 Å². The quantitative estimate of drug-likeness (QED) is 0.600. The van der Waals surface area contributed by atoms with Crippen molar-refractivity contribution in [2.45, 2.75) is 20.8 Å². The second kappa shape index (κ2) is 4.32. The van der Waals surface area contributed by atoms with Gasteiger partial charge in [-0.3, -0.25) is 0 Å². The molecule has 0 aliphatic heterocycles. The van der Waals surface area contributed by atoms with E-state index in [2.05, 4.69) is 26.0 Å². The minimum absolute atomic E-state index is 0.244. The van der Waals surface area contributed by atoms with E-state index in [1.807, 2.05) is 6.92 Å². The number of carbonyl (C=O) groups is 1. The Bertz CT molecular complexity index is 809. The van der Waals surface area contributed by atoms with Gasteiger partial charge in [-0.2, -0.15) is 0 Å². The molecule has 98 valence electrons. The van der Waals surface area contributed by atoms with Crippen molar-refractivity contribution in [3.8, 4) is 0 Å². The summed E-state index contributed by atoms with van der Waals surface area (Å²) in [5, 5.41) is 2.21. The van der Waals surface area contributed by atoms with Gasteiger partial charge in [-0.25, -0.2) is 4.79 Å². The van der Waals surface area contributed by atoms with Gasteiger partial charge < -0.3 is 4.74 Å². The fourth-order valence-corrected chi connectivity index (χ4v) is 4.78. The molecule has 0 amide bonds. The number of hydrogen-bond acceptors (Lipinski definition) is 4. The van der Waals surface area contributed by atoms with Gasteiger partial charge in [0.05, 0.1) is 22.1 Å². The second-order valence-corrected chi connectivity index (χ2v) is 7.20. The van der Waals surface area contributed by atoms with Crippen LogP contribution in [0.2, 0.25) is 0 Å². The SMILES string of the molecule is COC(=O)c1c(C)c2cc(C)sc2c2sc(C)cc12. The molecule has 0 unspecified atom stereocenters. The summed E-state index contributed by atoms with van der Waals surface area (Å²) in [5.41, 5.74) is 1.74.